The molecule has 0 radical (unpaired) electrons. The minimum Gasteiger partial charge on any atom is -0.503 e. The number of phenolic OH excluding ortho intramolecular Hbond substituents is 1. The van der Waals surface area contributed by atoms with E-state index in [-0.39, 0.29) is 12.0 Å². The predicted octanol–water partition coefficient (Wildman–Crippen LogP) is 2.30. The van der Waals surface area contributed by atoms with E-state index in [1.54, 1.807) is 0 Å². The molecule has 1 amide bonds. The monoisotopic (exact) mass is 304 g/mol. The Kier molecular flexibility index (Phi) is 5.60. The first-order chi connectivity index (χ1) is 9.69. The van der Waals surface area contributed by atoms with Crippen molar-refractivity contribution < 1.29 is 23.1 Å². The van der Waals surface area contributed by atoms with E-state index in [1.807, 2.05) is 13.8 Å². The quantitative estimate of drug-likeness (QED) is 0.706. The van der Waals surface area contributed by atoms with Crippen LogP contribution in [0.25, 0.3) is 0 Å². The molecule has 0 saturated carbocycles. The standard InChI is InChI=1S/C14H19F3N2O2/c1-14(2,4-3-5-18)7-19-13(21)8-6-9(15)11(17)12(20)10(8)16/h6,20H,3-5,7,18H2,1-2H3,(H,19,21). The number of aromatic hydroxyl groups is 1. The van der Waals surface area contributed by atoms with E-state index in [1.165, 1.54) is 0 Å². The third kappa shape index (κ3) is 4.35. The second-order valence-electron chi connectivity index (χ2n) is 5.62. The van der Waals surface area contributed by atoms with Gasteiger partial charge in [-0.05, 0) is 30.9 Å². The van der Waals surface area contributed by atoms with Crippen LogP contribution in [0, 0.1) is 22.9 Å². The van der Waals surface area contributed by atoms with E-state index in [4.69, 9.17) is 10.8 Å². The summed E-state index contributed by atoms with van der Waals surface area (Å²) in [7, 11) is 0. The minimum absolute atomic E-state index is 0.213. The van der Waals surface area contributed by atoms with Crippen LogP contribution in [0.4, 0.5) is 13.2 Å². The highest BCUT2D eigenvalue weighted by molar-refractivity contribution is 5.95. The fraction of sp³-hybridized carbons (Fsp3) is 0.500. The number of hydrogen-bond donors (Lipinski definition) is 3. The molecule has 118 valence electrons. The van der Waals surface area contributed by atoms with Gasteiger partial charge in [0.05, 0.1) is 5.56 Å². The molecule has 0 bridgehead atoms. The van der Waals surface area contributed by atoms with Gasteiger partial charge in [-0.1, -0.05) is 13.8 Å². The number of amides is 1. The largest absolute Gasteiger partial charge is 0.503 e. The number of halogens is 3. The number of nitrogens with one attached hydrogen (secondary N) is 1. The molecule has 0 fully saturated rings. The number of phenols is 1. The SMILES string of the molecule is CC(C)(CCCN)CNC(=O)c1cc(F)c(F)c(O)c1F. The maximum atomic E-state index is 13.6. The van der Waals surface area contributed by atoms with Crippen LogP contribution in [0.15, 0.2) is 6.07 Å². The predicted molar refractivity (Wildman–Crippen MR) is 72.4 cm³/mol. The first-order valence-corrected chi connectivity index (χ1v) is 6.54. The molecule has 7 heteroatoms. The van der Waals surface area contributed by atoms with Gasteiger partial charge >= 0.3 is 0 Å². The van der Waals surface area contributed by atoms with E-state index >= 15 is 0 Å². The summed E-state index contributed by atoms with van der Waals surface area (Å²) < 4.78 is 39.6. The third-order valence-electron chi connectivity index (χ3n) is 3.16. The van der Waals surface area contributed by atoms with Crippen molar-refractivity contribution in [1.82, 2.24) is 5.32 Å². The van der Waals surface area contributed by atoms with Crippen LogP contribution < -0.4 is 11.1 Å². The maximum Gasteiger partial charge on any atom is 0.254 e. The molecule has 21 heavy (non-hydrogen) atoms. The second-order valence-corrected chi connectivity index (χ2v) is 5.62. The molecule has 0 aliphatic carbocycles. The van der Waals surface area contributed by atoms with Gasteiger partial charge in [0.2, 0.25) is 5.82 Å². The molecule has 1 rings (SSSR count). The molecule has 0 aliphatic heterocycles. The van der Waals surface area contributed by atoms with Crippen molar-refractivity contribution in [2.75, 3.05) is 13.1 Å². The van der Waals surface area contributed by atoms with Gasteiger partial charge in [-0.2, -0.15) is 4.39 Å². The highest BCUT2D eigenvalue weighted by Gasteiger charge is 2.24. The van der Waals surface area contributed by atoms with Gasteiger partial charge in [-0.25, -0.2) is 8.78 Å². The minimum atomic E-state index is -1.72. The number of benzene rings is 1. The fourth-order valence-electron chi connectivity index (χ4n) is 1.84. The summed E-state index contributed by atoms with van der Waals surface area (Å²) in [5.41, 5.74) is 4.40. The topological polar surface area (TPSA) is 75.3 Å². The Labute approximate surface area is 121 Å². The molecular formula is C14H19F3N2O2. The molecule has 1 aromatic rings. The van der Waals surface area contributed by atoms with E-state index in [0.717, 1.165) is 12.8 Å². The lowest BCUT2D eigenvalue weighted by atomic mass is 9.87. The number of rotatable bonds is 6. The van der Waals surface area contributed by atoms with Crippen molar-refractivity contribution in [2.45, 2.75) is 26.7 Å². The highest BCUT2D eigenvalue weighted by Crippen LogP contribution is 2.26. The zero-order chi connectivity index (χ0) is 16.2. The van der Waals surface area contributed by atoms with Crippen LogP contribution in [-0.2, 0) is 0 Å². The van der Waals surface area contributed by atoms with Gasteiger partial charge in [-0.15, -0.1) is 0 Å². The summed E-state index contributed by atoms with van der Waals surface area (Å²) in [5.74, 6) is -7.09. The van der Waals surface area contributed by atoms with Gasteiger partial charge in [0.25, 0.3) is 5.91 Å². The summed E-state index contributed by atoms with van der Waals surface area (Å²) in [4.78, 5) is 11.8. The first-order valence-electron chi connectivity index (χ1n) is 6.54. The Morgan fingerprint density at radius 1 is 1.33 bits per heavy atom. The highest BCUT2D eigenvalue weighted by atomic mass is 19.2. The summed E-state index contributed by atoms with van der Waals surface area (Å²) in [6, 6.07) is 0.423. The summed E-state index contributed by atoms with van der Waals surface area (Å²) in [6.07, 6.45) is 1.51. The van der Waals surface area contributed by atoms with Gasteiger partial charge in [0, 0.05) is 6.54 Å². The Hall–Kier alpha value is -1.76. The van der Waals surface area contributed by atoms with E-state index in [0.29, 0.717) is 12.6 Å². The zero-order valence-electron chi connectivity index (χ0n) is 12.0. The van der Waals surface area contributed by atoms with E-state index in [2.05, 4.69) is 5.32 Å². The maximum absolute atomic E-state index is 13.6. The van der Waals surface area contributed by atoms with E-state index < -0.39 is 34.7 Å². The van der Waals surface area contributed by atoms with Crippen LogP contribution in [0.2, 0.25) is 0 Å². The van der Waals surface area contributed by atoms with Crippen LogP contribution in [0.3, 0.4) is 0 Å². The number of carbonyl (C=O) groups is 1. The Balaban J connectivity index is 2.82. The summed E-state index contributed by atoms with van der Waals surface area (Å²) >= 11 is 0. The Bertz CT molecular complexity index is 533. The van der Waals surface area contributed by atoms with Crippen molar-refractivity contribution in [1.29, 1.82) is 0 Å². The average Bonchev–Trinajstić information content (AvgIpc) is 2.44. The van der Waals surface area contributed by atoms with Crippen molar-refractivity contribution in [2.24, 2.45) is 11.1 Å². The lowest BCUT2D eigenvalue weighted by Gasteiger charge is -2.24. The molecule has 0 unspecified atom stereocenters. The van der Waals surface area contributed by atoms with Gasteiger partial charge in [-0.3, -0.25) is 4.79 Å². The number of carbonyl (C=O) groups excluding carboxylic acids is 1. The van der Waals surface area contributed by atoms with Gasteiger partial charge < -0.3 is 16.2 Å². The van der Waals surface area contributed by atoms with Crippen molar-refractivity contribution >= 4 is 5.91 Å². The molecule has 4 nitrogen and oxygen atoms in total. The summed E-state index contributed by atoms with van der Waals surface area (Å²) in [6.45, 7) is 4.51. The molecule has 0 aliphatic rings. The molecular weight excluding hydrogens is 285 g/mol. The van der Waals surface area contributed by atoms with Gasteiger partial charge in [0.15, 0.2) is 17.4 Å². The van der Waals surface area contributed by atoms with Crippen molar-refractivity contribution in [3.05, 3.63) is 29.1 Å². The molecule has 0 atom stereocenters. The molecule has 1 aromatic carbocycles. The Morgan fingerprint density at radius 2 is 1.95 bits per heavy atom. The first kappa shape index (κ1) is 17.3. The molecule has 0 saturated heterocycles. The summed E-state index contributed by atoms with van der Waals surface area (Å²) in [5, 5.41) is 11.5. The molecule has 0 aromatic heterocycles. The zero-order valence-corrected chi connectivity index (χ0v) is 12.0. The Morgan fingerprint density at radius 3 is 2.52 bits per heavy atom. The molecule has 0 spiro atoms. The normalized spacial score (nSPS) is 11.5. The molecule has 4 N–H and O–H groups in total. The second kappa shape index (κ2) is 6.80. The van der Waals surface area contributed by atoms with Crippen LogP contribution >= 0.6 is 0 Å². The fourth-order valence-corrected chi connectivity index (χ4v) is 1.84. The van der Waals surface area contributed by atoms with E-state index in [9.17, 15) is 18.0 Å². The number of hydrogen-bond acceptors (Lipinski definition) is 3. The lowest BCUT2D eigenvalue weighted by molar-refractivity contribution is 0.0928. The van der Waals surface area contributed by atoms with Crippen molar-refractivity contribution in [3.63, 3.8) is 0 Å². The van der Waals surface area contributed by atoms with Crippen molar-refractivity contribution in [3.8, 4) is 5.75 Å². The average molecular weight is 304 g/mol. The van der Waals surface area contributed by atoms with Crippen LogP contribution in [-0.4, -0.2) is 24.1 Å². The van der Waals surface area contributed by atoms with Gasteiger partial charge in [0.1, 0.15) is 0 Å². The third-order valence-corrected chi connectivity index (χ3v) is 3.16. The van der Waals surface area contributed by atoms with Crippen LogP contribution in [0.5, 0.6) is 5.75 Å². The lowest BCUT2D eigenvalue weighted by Crippen LogP contribution is -2.34. The van der Waals surface area contributed by atoms with Crippen LogP contribution in [0.1, 0.15) is 37.0 Å². The smallest absolute Gasteiger partial charge is 0.254 e. The number of nitrogens with two attached hydrogens (primary N) is 1. The molecule has 0 heterocycles.